The number of guanidine groups is 1. The smallest absolute Gasteiger partial charge is 0.223 e. The highest BCUT2D eigenvalue weighted by molar-refractivity contribution is 5.81. The molecule has 0 unspecified atom stereocenters. The van der Waals surface area contributed by atoms with E-state index in [1.54, 1.807) is 0 Å². The molecule has 1 aromatic heterocycles. The van der Waals surface area contributed by atoms with Gasteiger partial charge in [-0.25, -0.2) is 9.98 Å². The second kappa shape index (κ2) is 10.9. The lowest BCUT2D eigenvalue weighted by atomic mass is 10.2. The van der Waals surface area contributed by atoms with Gasteiger partial charge in [0.25, 0.3) is 0 Å². The SMILES string of the molecule is CCNC(=NCc1ccnc(N2CCCCCC2)c1)NCCNC(=O)C1CC1. The van der Waals surface area contributed by atoms with Crippen molar-refractivity contribution in [2.45, 2.75) is 52.0 Å². The molecule has 0 aromatic carbocycles. The molecular weight excluding hydrogens is 352 g/mol. The Kier molecular flexibility index (Phi) is 7.94. The number of carbonyl (C=O) groups is 1. The zero-order valence-electron chi connectivity index (χ0n) is 17.0. The molecule has 1 aliphatic carbocycles. The molecule has 7 nitrogen and oxygen atoms in total. The van der Waals surface area contributed by atoms with Gasteiger partial charge in [-0.15, -0.1) is 0 Å². The van der Waals surface area contributed by atoms with Crippen LogP contribution >= 0.6 is 0 Å². The standard InChI is InChI=1S/C21H34N6O/c1-2-22-21(25-12-11-24-20(28)18-7-8-18)26-16-17-9-10-23-19(15-17)27-13-5-3-4-6-14-27/h9-10,15,18H,2-8,11-14,16H2,1H3,(H,24,28)(H2,22,25,26). The molecule has 2 fully saturated rings. The molecule has 154 valence electrons. The van der Waals surface area contributed by atoms with Crippen molar-refractivity contribution in [2.24, 2.45) is 10.9 Å². The summed E-state index contributed by atoms with van der Waals surface area (Å²) in [6, 6.07) is 4.19. The summed E-state index contributed by atoms with van der Waals surface area (Å²) < 4.78 is 0. The maximum atomic E-state index is 11.7. The molecule has 28 heavy (non-hydrogen) atoms. The van der Waals surface area contributed by atoms with Gasteiger partial charge in [0.05, 0.1) is 6.54 Å². The van der Waals surface area contributed by atoms with Crippen LogP contribution in [0.15, 0.2) is 23.3 Å². The molecule has 0 spiro atoms. The fourth-order valence-electron chi connectivity index (χ4n) is 3.40. The molecule has 7 heteroatoms. The number of amides is 1. The van der Waals surface area contributed by atoms with E-state index in [4.69, 9.17) is 0 Å². The zero-order chi connectivity index (χ0) is 19.6. The van der Waals surface area contributed by atoms with Crippen molar-refractivity contribution in [3.8, 4) is 0 Å². The van der Waals surface area contributed by atoms with E-state index in [1.165, 1.54) is 25.7 Å². The highest BCUT2D eigenvalue weighted by Gasteiger charge is 2.28. The number of aromatic nitrogens is 1. The maximum Gasteiger partial charge on any atom is 0.223 e. The van der Waals surface area contributed by atoms with E-state index in [0.29, 0.717) is 19.6 Å². The molecule has 1 amide bonds. The summed E-state index contributed by atoms with van der Waals surface area (Å²) in [7, 11) is 0. The Hall–Kier alpha value is -2.31. The Balaban J connectivity index is 1.50. The minimum Gasteiger partial charge on any atom is -0.357 e. The highest BCUT2D eigenvalue weighted by Crippen LogP contribution is 2.28. The summed E-state index contributed by atoms with van der Waals surface area (Å²) in [5.74, 6) is 2.28. The Morgan fingerprint density at radius 3 is 2.61 bits per heavy atom. The lowest BCUT2D eigenvalue weighted by Crippen LogP contribution is -2.41. The number of rotatable bonds is 8. The van der Waals surface area contributed by atoms with Crippen LogP contribution in [0.5, 0.6) is 0 Å². The van der Waals surface area contributed by atoms with E-state index in [2.05, 4.69) is 43.8 Å². The third-order valence-corrected chi connectivity index (χ3v) is 5.17. The Morgan fingerprint density at radius 2 is 1.89 bits per heavy atom. The van der Waals surface area contributed by atoms with Crippen molar-refractivity contribution >= 4 is 17.7 Å². The minimum atomic E-state index is 0.182. The van der Waals surface area contributed by atoms with Crippen LogP contribution < -0.4 is 20.9 Å². The van der Waals surface area contributed by atoms with Crippen LogP contribution in [0.4, 0.5) is 5.82 Å². The van der Waals surface area contributed by atoms with Gasteiger partial charge in [-0.2, -0.15) is 0 Å². The molecule has 3 N–H and O–H groups in total. The van der Waals surface area contributed by atoms with E-state index in [9.17, 15) is 4.79 Å². The Bertz CT molecular complexity index is 650. The van der Waals surface area contributed by atoms with Gasteiger partial charge in [0.1, 0.15) is 5.82 Å². The summed E-state index contributed by atoms with van der Waals surface area (Å²) in [6.07, 6.45) is 9.09. The average molecular weight is 387 g/mol. The van der Waals surface area contributed by atoms with Gasteiger partial charge in [-0.05, 0) is 50.3 Å². The fourth-order valence-corrected chi connectivity index (χ4v) is 3.40. The summed E-state index contributed by atoms with van der Waals surface area (Å²) in [6.45, 7) is 6.93. The Morgan fingerprint density at radius 1 is 1.14 bits per heavy atom. The molecule has 3 rings (SSSR count). The van der Waals surface area contributed by atoms with Crippen LogP contribution in [0.1, 0.15) is 51.0 Å². The van der Waals surface area contributed by atoms with E-state index in [-0.39, 0.29) is 11.8 Å². The molecular formula is C21H34N6O. The van der Waals surface area contributed by atoms with Crippen LogP contribution in [-0.4, -0.2) is 49.6 Å². The van der Waals surface area contributed by atoms with Crippen LogP contribution in [0.3, 0.4) is 0 Å². The maximum absolute atomic E-state index is 11.7. The molecule has 1 aliphatic heterocycles. The number of hydrogen-bond acceptors (Lipinski definition) is 4. The highest BCUT2D eigenvalue weighted by atomic mass is 16.2. The van der Waals surface area contributed by atoms with Crippen LogP contribution in [0.2, 0.25) is 0 Å². The van der Waals surface area contributed by atoms with Gasteiger partial charge in [0.2, 0.25) is 5.91 Å². The zero-order valence-corrected chi connectivity index (χ0v) is 17.0. The number of carbonyl (C=O) groups excluding carboxylic acids is 1. The van der Waals surface area contributed by atoms with Crippen molar-refractivity contribution in [2.75, 3.05) is 37.6 Å². The molecule has 0 radical (unpaired) electrons. The van der Waals surface area contributed by atoms with Gasteiger partial charge in [-0.1, -0.05) is 12.8 Å². The van der Waals surface area contributed by atoms with E-state index < -0.39 is 0 Å². The van der Waals surface area contributed by atoms with E-state index in [1.807, 2.05) is 12.3 Å². The first kappa shape index (κ1) is 20.4. The monoisotopic (exact) mass is 386 g/mol. The second-order valence-electron chi connectivity index (χ2n) is 7.61. The number of nitrogens with zero attached hydrogens (tertiary/aromatic N) is 3. The van der Waals surface area contributed by atoms with Gasteiger partial charge in [0, 0.05) is 44.8 Å². The number of pyridine rings is 1. The molecule has 2 heterocycles. The number of anilines is 1. The van der Waals surface area contributed by atoms with Crippen molar-refractivity contribution in [3.05, 3.63) is 23.9 Å². The molecule has 1 saturated heterocycles. The second-order valence-corrected chi connectivity index (χ2v) is 7.61. The topological polar surface area (TPSA) is 81.7 Å². The Labute approximate surface area is 168 Å². The lowest BCUT2D eigenvalue weighted by Gasteiger charge is -2.21. The van der Waals surface area contributed by atoms with Crippen molar-refractivity contribution in [3.63, 3.8) is 0 Å². The molecule has 0 atom stereocenters. The molecule has 1 saturated carbocycles. The first-order valence-corrected chi connectivity index (χ1v) is 10.8. The number of nitrogens with one attached hydrogen (secondary N) is 3. The van der Waals surface area contributed by atoms with Crippen LogP contribution in [0, 0.1) is 5.92 Å². The first-order valence-electron chi connectivity index (χ1n) is 10.8. The van der Waals surface area contributed by atoms with Crippen molar-refractivity contribution < 1.29 is 4.79 Å². The van der Waals surface area contributed by atoms with Gasteiger partial charge >= 0.3 is 0 Å². The third kappa shape index (κ3) is 6.69. The van der Waals surface area contributed by atoms with Gasteiger partial charge < -0.3 is 20.9 Å². The van der Waals surface area contributed by atoms with Gasteiger partial charge in [0.15, 0.2) is 5.96 Å². The summed E-state index contributed by atoms with van der Waals surface area (Å²) in [4.78, 5) is 23.3. The summed E-state index contributed by atoms with van der Waals surface area (Å²) in [5, 5.41) is 9.52. The molecule has 0 bridgehead atoms. The minimum absolute atomic E-state index is 0.182. The normalized spacial score (nSPS) is 17.8. The quantitative estimate of drug-likeness (QED) is 0.362. The van der Waals surface area contributed by atoms with Crippen molar-refractivity contribution in [1.29, 1.82) is 0 Å². The van der Waals surface area contributed by atoms with Gasteiger partial charge in [-0.3, -0.25) is 4.79 Å². The van der Waals surface area contributed by atoms with E-state index >= 15 is 0 Å². The summed E-state index contributed by atoms with van der Waals surface area (Å²) >= 11 is 0. The predicted molar refractivity (Wildman–Crippen MR) is 113 cm³/mol. The number of aliphatic imine (C=N–C) groups is 1. The largest absolute Gasteiger partial charge is 0.357 e. The summed E-state index contributed by atoms with van der Waals surface area (Å²) in [5.41, 5.74) is 1.16. The van der Waals surface area contributed by atoms with Crippen LogP contribution in [-0.2, 0) is 11.3 Å². The number of hydrogen-bond donors (Lipinski definition) is 3. The third-order valence-electron chi connectivity index (χ3n) is 5.17. The lowest BCUT2D eigenvalue weighted by molar-refractivity contribution is -0.122. The van der Waals surface area contributed by atoms with Crippen LogP contribution in [0.25, 0.3) is 0 Å². The fraction of sp³-hybridized carbons (Fsp3) is 0.667. The molecule has 1 aromatic rings. The first-order chi connectivity index (χ1) is 13.8. The average Bonchev–Trinajstić information content (AvgIpc) is 3.56. The van der Waals surface area contributed by atoms with E-state index in [0.717, 1.165) is 49.8 Å². The van der Waals surface area contributed by atoms with Crippen molar-refractivity contribution in [1.82, 2.24) is 20.9 Å². The predicted octanol–water partition coefficient (Wildman–Crippen LogP) is 2.04. The molecule has 2 aliphatic rings.